The molecule has 4 heterocycles. The van der Waals surface area contributed by atoms with Gasteiger partial charge >= 0.3 is 0 Å². The number of pyridine rings is 1. The standard InChI is InChI=1S/C25H32N4O2S2/c1-4-5-6-8-12-29-24(31)20(33-25(29)32)14-19-22(27-15-17(2)13-18(3)16-27)26-21-10-7-9-11-28(21)23(19)30/h7,9-11,14,17-18H,4-6,8,12-13,15-16H2,1-3H3/b20-14-/t17-,18-/m1/s1. The summed E-state index contributed by atoms with van der Waals surface area (Å²) >= 11 is 6.79. The summed E-state index contributed by atoms with van der Waals surface area (Å²) in [6.07, 6.45) is 8.93. The van der Waals surface area contributed by atoms with Gasteiger partial charge in [-0.3, -0.25) is 18.9 Å². The fourth-order valence-electron chi connectivity index (χ4n) is 4.81. The predicted octanol–water partition coefficient (Wildman–Crippen LogP) is 4.96. The van der Waals surface area contributed by atoms with Crippen molar-refractivity contribution in [2.24, 2.45) is 11.8 Å². The van der Waals surface area contributed by atoms with Crippen molar-refractivity contribution in [1.29, 1.82) is 0 Å². The molecule has 2 atom stereocenters. The van der Waals surface area contributed by atoms with Crippen molar-refractivity contribution in [2.45, 2.75) is 52.9 Å². The minimum absolute atomic E-state index is 0.106. The number of carbonyl (C=O) groups is 1. The van der Waals surface area contributed by atoms with E-state index < -0.39 is 0 Å². The van der Waals surface area contributed by atoms with Crippen LogP contribution in [0.3, 0.4) is 0 Å². The highest BCUT2D eigenvalue weighted by Gasteiger charge is 2.33. The number of thiocarbonyl (C=S) groups is 1. The maximum atomic E-state index is 13.5. The Labute approximate surface area is 205 Å². The van der Waals surface area contributed by atoms with Crippen LogP contribution in [0.2, 0.25) is 0 Å². The van der Waals surface area contributed by atoms with Crippen molar-refractivity contribution in [3.63, 3.8) is 0 Å². The molecule has 33 heavy (non-hydrogen) atoms. The van der Waals surface area contributed by atoms with E-state index in [2.05, 4.69) is 25.7 Å². The van der Waals surface area contributed by atoms with Crippen molar-refractivity contribution in [2.75, 3.05) is 24.5 Å². The van der Waals surface area contributed by atoms with Crippen LogP contribution in [0.15, 0.2) is 34.1 Å². The highest BCUT2D eigenvalue weighted by atomic mass is 32.2. The Morgan fingerprint density at radius 2 is 1.91 bits per heavy atom. The van der Waals surface area contributed by atoms with E-state index in [9.17, 15) is 9.59 Å². The third-order valence-electron chi connectivity index (χ3n) is 6.30. The highest BCUT2D eigenvalue weighted by Crippen LogP contribution is 2.34. The highest BCUT2D eigenvalue weighted by molar-refractivity contribution is 8.26. The molecule has 0 spiro atoms. The molecule has 0 radical (unpaired) electrons. The normalized spacial score (nSPS) is 22.7. The van der Waals surface area contributed by atoms with Gasteiger partial charge in [-0.25, -0.2) is 4.98 Å². The van der Waals surface area contributed by atoms with E-state index in [0.29, 0.717) is 44.6 Å². The van der Waals surface area contributed by atoms with E-state index in [1.54, 1.807) is 21.6 Å². The second-order valence-corrected chi connectivity index (χ2v) is 11.0. The molecule has 2 saturated heterocycles. The van der Waals surface area contributed by atoms with Gasteiger partial charge in [0.25, 0.3) is 11.5 Å². The van der Waals surface area contributed by atoms with Crippen molar-refractivity contribution < 1.29 is 4.79 Å². The first-order valence-electron chi connectivity index (χ1n) is 11.9. The van der Waals surface area contributed by atoms with Crippen LogP contribution in [0, 0.1) is 11.8 Å². The molecule has 8 heteroatoms. The maximum Gasteiger partial charge on any atom is 0.267 e. The number of thioether (sulfide) groups is 1. The van der Waals surface area contributed by atoms with Gasteiger partial charge in [0, 0.05) is 25.8 Å². The number of piperidine rings is 1. The minimum atomic E-state index is -0.158. The maximum absolute atomic E-state index is 13.5. The van der Waals surface area contributed by atoms with Gasteiger partial charge in [0.15, 0.2) is 0 Å². The fraction of sp³-hybridized carbons (Fsp3) is 0.520. The number of rotatable bonds is 7. The lowest BCUT2D eigenvalue weighted by Gasteiger charge is -2.36. The number of carbonyl (C=O) groups excluding carboxylic acids is 1. The number of anilines is 1. The van der Waals surface area contributed by atoms with E-state index in [1.165, 1.54) is 11.8 Å². The second-order valence-electron chi connectivity index (χ2n) is 9.33. The molecule has 2 aliphatic rings. The Morgan fingerprint density at radius 3 is 2.64 bits per heavy atom. The zero-order chi connectivity index (χ0) is 23.5. The Hall–Kier alpha value is -2.19. The summed E-state index contributed by atoms with van der Waals surface area (Å²) in [6, 6.07) is 5.55. The van der Waals surface area contributed by atoms with Crippen LogP contribution in [0.4, 0.5) is 5.82 Å². The molecular weight excluding hydrogens is 452 g/mol. The third-order valence-corrected chi connectivity index (χ3v) is 7.68. The molecule has 1 amide bonds. The van der Waals surface area contributed by atoms with Crippen LogP contribution in [0.1, 0.15) is 58.4 Å². The molecule has 2 aromatic heterocycles. The van der Waals surface area contributed by atoms with E-state index in [-0.39, 0.29) is 11.5 Å². The van der Waals surface area contributed by atoms with Crippen molar-refractivity contribution in [3.8, 4) is 0 Å². The minimum Gasteiger partial charge on any atom is -0.355 e. The number of unbranched alkanes of at least 4 members (excludes halogenated alkanes) is 3. The summed E-state index contributed by atoms with van der Waals surface area (Å²) < 4.78 is 2.12. The van der Waals surface area contributed by atoms with Gasteiger partial charge in [-0.15, -0.1) is 0 Å². The van der Waals surface area contributed by atoms with E-state index in [0.717, 1.165) is 45.2 Å². The summed E-state index contributed by atoms with van der Waals surface area (Å²) in [5, 5.41) is 0. The summed E-state index contributed by atoms with van der Waals surface area (Å²) in [7, 11) is 0. The van der Waals surface area contributed by atoms with Gasteiger partial charge in [-0.05, 0) is 42.9 Å². The molecule has 4 rings (SSSR count). The molecule has 0 aliphatic carbocycles. The third kappa shape index (κ3) is 5.17. The lowest BCUT2D eigenvalue weighted by molar-refractivity contribution is -0.122. The van der Waals surface area contributed by atoms with Crippen LogP contribution >= 0.6 is 24.0 Å². The molecule has 2 aromatic rings. The van der Waals surface area contributed by atoms with Gasteiger partial charge in [0.1, 0.15) is 15.8 Å². The summed E-state index contributed by atoms with van der Waals surface area (Å²) in [5.74, 6) is 1.58. The Bertz CT molecular complexity index is 1130. The lowest BCUT2D eigenvalue weighted by Crippen LogP contribution is -2.40. The van der Waals surface area contributed by atoms with Crippen LogP contribution in [0.25, 0.3) is 11.7 Å². The summed E-state index contributed by atoms with van der Waals surface area (Å²) in [6.45, 7) is 8.96. The zero-order valence-electron chi connectivity index (χ0n) is 19.6. The molecule has 0 N–H and O–H groups in total. The SMILES string of the molecule is CCCCCCN1C(=O)/C(=C/c2c(N3C[C@H](C)C[C@@H](C)C3)nc3ccccn3c2=O)SC1=S. The topological polar surface area (TPSA) is 57.9 Å². The largest absolute Gasteiger partial charge is 0.355 e. The van der Waals surface area contributed by atoms with Gasteiger partial charge in [-0.2, -0.15) is 0 Å². The number of fused-ring (bicyclic) bond motifs is 1. The first kappa shape index (κ1) is 24.0. The monoisotopic (exact) mass is 484 g/mol. The summed E-state index contributed by atoms with van der Waals surface area (Å²) in [5.41, 5.74) is 0.921. The molecule has 0 saturated carbocycles. The average Bonchev–Trinajstić information content (AvgIpc) is 3.05. The quantitative estimate of drug-likeness (QED) is 0.315. The Balaban J connectivity index is 1.73. The smallest absolute Gasteiger partial charge is 0.267 e. The number of hydrogen-bond acceptors (Lipinski definition) is 6. The van der Waals surface area contributed by atoms with Crippen LogP contribution in [-0.4, -0.2) is 44.1 Å². The number of aromatic nitrogens is 2. The number of amides is 1. The Kier molecular flexibility index (Phi) is 7.54. The van der Waals surface area contributed by atoms with Crippen molar-refractivity contribution in [1.82, 2.24) is 14.3 Å². The van der Waals surface area contributed by atoms with Crippen molar-refractivity contribution in [3.05, 3.63) is 45.2 Å². The van der Waals surface area contributed by atoms with Gasteiger partial charge in [0.2, 0.25) is 0 Å². The average molecular weight is 485 g/mol. The molecule has 2 aliphatic heterocycles. The first-order valence-corrected chi connectivity index (χ1v) is 13.1. The van der Waals surface area contributed by atoms with Gasteiger partial charge < -0.3 is 4.90 Å². The van der Waals surface area contributed by atoms with Gasteiger partial charge in [-0.1, -0.05) is 70.1 Å². The molecule has 6 nitrogen and oxygen atoms in total. The van der Waals surface area contributed by atoms with Crippen LogP contribution in [0.5, 0.6) is 0 Å². The lowest BCUT2D eigenvalue weighted by atomic mass is 9.91. The molecule has 0 aromatic carbocycles. The second kappa shape index (κ2) is 10.4. The Morgan fingerprint density at radius 1 is 1.15 bits per heavy atom. The summed E-state index contributed by atoms with van der Waals surface area (Å²) in [4.78, 5) is 36.0. The van der Waals surface area contributed by atoms with Crippen LogP contribution in [-0.2, 0) is 4.79 Å². The van der Waals surface area contributed by atoms with E-state index in [4.69, 9.17) is 17.2 Å². The van der Waals surface area contributed by atoms with E-state index >= 15 is 0 Å². The van der Waals surface area contributed by atoms with Crippen LogP contribution < -0.4 is 10.5 Å². The fourth-order valence-corrected chi connectivity index (χ4v) is 6.11. The zero-order valence-corrected chi connectivity index (χ0v) is 21.3. The predicted molar refractivity (Wildman–Crippen MR) is 141 cm³/mol. The first-order chi connectivity index (χ1) is 15.9. The molecule has 176 valence electrons. The van der Waals surface area contributed by atoms with Crippen molar-refractivity contribution >= 4 is 51.7 Å². The molecule has 2 fully saturated rings. The van der Waals surface area contributed by atoms with E-state index in [1.807, 2.05) is 18.2 Å². The molecule has 0 unspecified atom stereocenters. The number of nitrogens with zero attached hydrogens (tertiary/aromatic N) is 4. The molecular formula is C25H32N4O2S2. The molecule has 0 bridgehead atoms. The number of hydrogen-bond donors (Lipinski definition) is 0. The van der Waals surface area contributed by atoms with Gasteiger partial charge in [0.05, 0.1) is 10.5 Å².